The SMILES string of the molecule is CCCNCC(=O)N[C@H](C)c1ccc(C)cc1. The molecule has 0 unspecified atom stereocenters. The fourth-order valence-corrected chi connectivity index (χ4v) is 1.61. The third kappa shape index (κ3) is 5.00. The van der Waals surface area contributed by atoms with Crippen molar-refractivity contribution in [2.75, 3.05) is 13.1 Å². The van der Waals surface area contributed by atoms with Gasteiger partial charge in [-0.1, -0.05) is 36.8 Å². The topological polar surface area (TPSA) is 41.1 Å². The molecule has 0 fully saturated rings. The summed E-state index contributed by atoms with van der Waals surface area (Å²) in [5.41, 5.74) is 2.37. The fraction of sp³-hybridized carbons (Fsp3) is 0.500. The molecule has 1 amide bonds. The van der Waals surface area contributed by atoms with E-state index in [2.05, 4.69) is 48.7 Å². The average molecular weight is 234 g/mol. The van der Waals surface area contributed by atoms with E-state index in [0.29, 0.717) is 6.54 Å². The Balaban J connectivity index is 2.40. The molecule has 0 aliphatic rings. The Labute approximate surface area is 104 Å². The van der Waals surface area contributed by atoms with Gasteiger partial charge in [0.1, 0.15) is 0 Å². The molecule has 0 saturated carbocycles. The Hall–Kier alpha value is -1.35. The maximum absolute atomic E-state index is 11.6. The number of hydrogen-bond donors (Lipinski definition) is 2. The van der Waals surface area contributed by atoms with Crippen molar-refractivity contribution in [2.24, 2.45) is 0 Å². The lowest BCUT2D eigenvalue weighted by Crippen LogP contribution is -2.35. The van der Waals surface area contributed by atoms with E-state index in [9.17, 15) is 4.79 Å². The van der Waals surface area contributed by atoms with Crippen molar-refractivity contribution in [3.63, 3.8) is 0 Å². The van der Waals surface area contributed by atoms with Gasteiger partial charge in [0.05, 0.1) is 12.6 Å². The molecule has 3 heteroatoms. The van der Waals surface area contributed by atoms with Crippen molar-refractivity contribution in [1.82, 2.24) is 10.6 Å². The van der Waals surface area contributed by atoms with Crippen LogP contribution in [-0.2, 0) is 4.79 Å². The predicted octanol–water partition coefficient (Wildman–Crippen LogP) is 2.17. The van der Waals surface area contributed by atoms with Crippen LogP contribution in [0.25, 0.3) is 0 Å². The normalized spacial score (nSPS) is 12.2. The van der Waals surface area contributed by atoms with E-state index in [1.807, 2.05) is 6.92 Å². The lowest BCUT2D eigenvalue weighted by atomic mass is 10.1. The summed E-state index contributed by atoms with van der Waals surface area (Å²) in [6.45, 7) is 7.42. The summed E-state index contributed by atoms with van der Waals surface area (Å²) in [6, 6.07) is 8.30. The van der Waals surface area contributed by atoms with E-state index in [-0.39, 0.29) is 11.9 Å². The van der Waals surface area contributed by atoms with Gasteiger partial charge in [0.25, 0.3) is 0 Å². The first-order chi connectivity index (χ1) is 8.13. The number of carbonyl (C=O) groups excluding carboxylic acids is 1. The molecule has 0 aliphatic carbocycles. The summed E-state index contributed by atoms with van der Waals surface area (Å²) < 4.78 is 0. The average Bonchev–Trinajstić information content (AvgIpc) is 2.30. The van der Waals surface area contributed by atoms with Crippen LogP contribution in [0.2, 0.25) is 0 Å². The number of hydrogen-bond acceptors (Lipinski definition) is 2. The highest BCUT2D eigenvalue weighted by atomic mass is 16.1. The Morgan fingerprint density at radius 1 is 1.29 bits per heavy atom. The van der Waals surface area contributed by atoms with Gasteiger partial charge in [0.2, 0.25) is 5.91 Å². The van der Waals surface area contributed by atoms with Crippen molar-refractivity contribution < 1.29 is 4.79 Å². The summed E-state index contributed by atoms with van der Waals surface area (Å²) in [5.74, 6) is 0.0477. The number of amides is 1. The fourth-order valence-electron chi connectivity index (χ4n) is 1.61. The first-order valence-corrected chi connectivity index (χ1v) is 6.20. The molecule has 94 valence electrons. The van der Waals surface area contributed by atoms with Gasteiger partial charge < -0.3 is 10.6 Å². The van der Waals surface area contributed by atoms with Crippen molar-refractivity contribution in [3.8, 4) is 0 Å². The Morgan fingerprint density at radius 3 is 2.53 bits per heavy atom. The van der Waals surface area contributed by atoms with Gasteiger partial charge in [-0.25, -0.2) is 0 Å². The van der Waals surface area contributed by atoms with Crippen LogP contribution in [0.15, 0.2) is 24.3 Å². The van der Waals surface area contributed by atoms with E-state index in [1.165, 1.54) is 5.56 Å². The Bertz CT molecular complexity index is 346. The molecule has 0 spiro atoms. The standard InChI is InChI=1S/C14H22N2O/c1-4-9-15-10-14(17)16-12(3)13-7-5-11(2)6-8-13/h5-8,12,15H,4,9-10H2,1-3H3,(H,16,17)/t12-/m1/s1. The van der Waals surface area contributed by atoms with Crippen molar-refractivity contribution in [1.29, 1.82) is 0 Å². The van der Waals surface area contributed by atoms with Crippen molar-refractivity contribution in [2.45, 2.75) is 33.2 Å². The molecular formula is C14H22N2O. The van der Waals surface area contributed by atoms with Gasteiger partial charge in [0.15, 0.2) is 0 Å². The number of rotatable bonds is 6. The second-order valence-electron chi connectivity index (χ2n) is 4.38. The van der Waals surface area contributed by atoms with Crippen molar-refractivity contribution in [3.05, 3.63) is 35.4 Å². The van der Waals surface area contributed by atoms with E-state index >= 15 is 0 Å². The molecule has 0 heterocycles. The molecule has 1 aromatic rings. The van der Waals surface area contributed by atoms with E-state index < -0.39 is 0 Å². The van der Waals surface area contributed by atoms with E-state index in [1.54, 1.807) is 0 Å². The molecule has 1 rings (SSSR count). The highest BCUT2D eigenvalue weighted by Crippen LogP contribution is 2.12. The maximum atomic E-state index is 11.6. The van der Waals surface area contributed by atoms with Crippen molar-refractivity contribution >= 4 is 5.91 Å². The first kappa shape index (κ1) is 13.7. The summed E-state index contributed by atoms with van der Waals surface area (Å²) >= 11 is 0. The number of aryl methyl sites for hydroxylation is 1. The van der Waals surface area contributed by atoms with Crippen LogP contribution in [0.5, 0.6) is 0 Å². The molecule has 1 atom stereocenters. The minimum atomic E-state index is 0.0477. The van der Waals surface area contributed by atoms with Crippen LogP contribution in [0.1, 0.15) is 37.4 Å². The van der Waals surface area contributed by atoms with Crippen LogP contribution >= 0.6 is 0 Å². The van der Waals surface area contributed by atoms with Crippen LogP contribution in [0.3, 0.4) is 0 Å². The van der Waals surface area contributed by atoms with Gasteiger partial charge in [-0.15, -0.1) is 0 Å². The Morgan fingerprint density at radius 2 is 1.94 bits per heavy atom. The van der Waals surface area contributed by atoms with Crippen LogP contribution < -0.4 is 10.6 Å². The largest absolute Gasteiger partial charge is 0.348 e. The smallest absolute Gasteiger partial charge is 0.234 e. The summed E-state index contributed by atoms with van der Waals surface area (Å²) in [6.07, 6.45) is 1.04. The molecule has 0 aromatic heterocycles. The lowest BCUT2D eigenvalue weighted by molar-refractivity contribution is -0.120. The summed E-state index contributed by atoms with van der Waals surface area (Å²) in [4.78, 5) is 11.6. The number of benzene rings is 1. The zero-order chi connectivity index (χ0) is 12.7. The van der Waals surface area contributed by atoms with Gasteiger partial charge in [-0.2, -0.15) is 0 Å². The third-order valence-corrected chi connectivity index (χ3v) is 2.67. The number of carbonyl (C=O) groups is 1. The van der Waals surface area contributed by atoms with Crippen LogP contribution in [0, 0.1) is 6.92 Å². The second-order valence-corrected chi connectivity index (χ2v) is 4.38. The monoisotopic (exact) mass is 234 g/mol. The zero-order valence-corrected chi connectivity index (χ0v) is 10.9. The van der Waals surface area contributed by atoms with E-state index in [0.717, 1.165) is 18.5 Å². The van der Waals surface area contributed by atoms with Gasteiger partial charge >= 0.3 is 0 Å². The van der Waals surface area contributed by atoms with Gasteiger partial charge in [-0.3, -0.25) is 4.79 Å². The molecule has 0 bridgehead atoms. The van der Waals surface area contributed by atoms with Gasteiger partial charge in [0, 0.05) is 0 Å². The highest BCUT2D eigenvalue weighted by Gasteiger charge is 2.08. The zero-order valence-electron chi connectivity index (χ0n) is 10.9. The third-order valence-electron chi connectivity index (χ3n) is 2.67. The molecule has 0 radical (unpaired) electrons. The second kappa shape index (κ2) is 7.07. The quantitative estimate of drug-likeness (QED) is 0.741. The van der Waals surface area contributed by atoms with Crippen LogP contribution in [-0.4, -0.2) is 19.0 Å². The molecule has 2 N–H and O–H groups in total. The molecule has 0 saturated heterocycles. The molecule has 3 nitrogen and oxygen atoms in total. The van der Waals surface area contributed by atoms with E-state index in [4.69, 9.17) is 0 Å². The first-order valence-electron chi connectivity index (χ1n) is 6.20. The molecule has 0 aliphatic heterocycles. The minimum Gasteiger partial charge on any atom is -0.348 e. The van der Waals surface area contributed by atoms with Crippen LogP contribution in [0.4, 0.5) is 0 Å². The van der Waals surface area contributed by atoms with Gasteiger partial charge in [-0.05, 0) is 32.4 Å². The lowest BCUT2D eigenvalue weighted by Gasteiger charge is -2.14. The molecule has 17 heavy (non-hydrogen) atoms. The number of nitrogens with one attached hydrogen (secondary N) is 2. The Kier molecular flexibility index (Phi) is 5.70. The predicted molar refractivity (Wildman–Crippen MR) is 70.9 cm³/mol. The molecule has 1 aromatic carbocycles. The molecular weight excluding hydrogens is 212 g/mol. The minimum absolute atomic E-state index is 0.0477. The highest BCUT2D eigenvalue weighted by molar-refractivity contribution is 5.78. The summed E-state index contributed by atoms with van der Waals surface area (Å²) in [7, 11) is 0. The summed E-state index contributed by atoms with van der Waals surface area (Å²) in [5, 5.41) is 6.06. The maximum Gasteiger partial charge on any atom is 0.234 e.